The van der Waals surface area contributed by atoms with Crippen molar-refractivity contribution < 1.29 is 4.74 Å². The van der Waals surface area contributed by atoms with Gasteiger partial charge in [-0.05, 0) is 25.9 Å². The molecule has 0 radical (unpaired) electrons. The molecular weight excluding hydrogens is 142 g/mol. The van der Waals surface area contributed by atoms with Gasteiger partial charge in [-0.15, -0.1) is 0 Å². The predicted octanol–water partition coefficient (Wildman–Crippen LogP) is 1.17. The van der Waals surface area contributed by atoms with Crippen LogP contribution in [0.1, 0.15) is 19.3 Å². The molecule has 1 aliphatic heterocycles. The molecule has 0 amide bonds. The number of rotatable bonds is 1. The summed E-state index contributed by atoms with van der Waals surface area (Å²) in [6.45, 7) is 3.22. The fourth-order valence-electron chi connectivity index (χ4n) is 0.968. The van der Waals surface area contributed by atoms with Crippen LogP contribution < -0.4 is 0 Å². The SMILES string of the molecule is CPC1CCCCO1.[NaH]. The second-order valence-corrected chi connectivity index (χ2v) is 3.37. The van der Waals surface area contributed by atoms with Crippen molar-refractivity contribution >= 4 is 38.1 Å². The first-order chi connectivity index (χ1) is 3.93. The summed E-state index contributed by atoms with van der Waals surface area (Å²) in [7, 11) is 0.985. The molecule has 2 atom stereocenters. The van der Waals surface area contributed by atoms with Crippen LogP contribution in [-0.4, -0.2) is 48.7 Å². The summed E-state index contributed by atoms with van der Waals surface area (Å²) in [5, 5.41) is 0. The van der Waals surface area contributed by atoms with Gasteiger partial charge in [0.1, 0.15) is 0 Å². The first-order valence-corrected chi connectivity index (χ1v) is 4.80. The fraction of sp³-hybridized carbons (Fsp3) is 1.00. The van der Waals surface area contributed by atoms with Crippen LogP contribution >= 0.6 is 8.58 Å². The zero-order valence-corrected chi connectivity index (χ0v) is 6.31. The Morgan fingerprint density at radius 3 is 2.56 bits per heavy atom. The van der Waals surface area contributed by atoms with Gasteiger partial charge in [0.05, 0.1) is 5.85 Å². The molecule has 0 N–H and O–H groups in total. The van der Waals surface area contributed by atoms with Crippen LogP contribution in [0.5, 0.6) is 0 Å². The standard InChI is InChI=1S/C6H13OP.Na.H/c1-8-6-4-2-3-5-7-6;;/h6,8H,2-5H2,1H3;;. The summed E-state index contributed by atoms with van der Waals surface area (Å²) in [4.78, 5) is 0. The van der Waals surface area contributed by atoms with Crippen molar-refractivity contribution in [3.05, 3.63) is 0 Å². The molecule has 50 valence electrons. The van der Waals surface area contributed by atoms with Gasteiger partial charge in [-0.1, -0.05) is 8.58 Å². The average Bonchev–Trinajstić information content (AvgIpc) is 1.90. The Balaban J connectivity index is 0.000000640. The van der Waals surface area contributed by atoms with Crippen LogP contribution in [0.3, 0.4) is 0 Å². The van der Waals surface area contributed by atoms with E-state index in [-0.39, 0.29) is 29.6 Å². The maximum atomic E-state index is 5.44. The van der Waals surface area contributed by atoms with Crippen molar-refractivity contribution in [3.63, 3.8) is 0 Å². The van der Waals surface area contributed by atoms with Crippen molar-refractivity contribution in [2.75, 3.05) is 13.3 Å². The predicted molar refractivity (Wildman–Crippen MR) is 45.0 cm³/mol. The monoisotopic (exact) mass is 156 g/mol. The Bertz CT molecular complexity index is 64.1. The molecule has 2 unspecified atom stereocenters. The Morgan fingerprint density at radius 2 is 2.22 bits per heavy atom. The first-order valence-electron chi connectivity index (χ1n) is 3.22. The topological polar surface area (TPSA) is 9.23 Å². The van der Waals surface area contributed by atoms with Gasteiger partial charge in [0.25, 0.3) is 0 Å². The molecule has 1 heterocycles. The van der Waals surface area contributed by atoms with E-state index in [9.17, 15) is 0 Å². The second-order valence-electron chi connectivity index (χ2n) is 2.14. The molecule has 0 aliphatic carbocycles. The van der Waals surface area contributed by atoms with Crippen LogP contribution in [0.15, 0.2) is 0 Å². The van der Waals surface area contributed by atoms with E-state index in [1.54, 1.807) is 0 Å². The fourth-order valence-corrected chi connectivity index (χ4v) is 1.75. The van der Waals surface area contributed by atoms with Crippen LogP contribution in [0.25, 0.3) is 0 Å². The van der Waals surface area contributed by atoms with Gasteiger partial charge in [-0.2, -0.15) is 0 Å². The minimum atomic E-state index is 0. The van der Waals surface area contributed by atoms with Gasteiger partial charge >= 0.3 is 29.6 Å². The van der Waals surface area contributed by atoms with Crippen LogP contribution in [0.4, 0.5) is 0 Å². The van der Waals surface area contributed by atoms with E-state index in [4.69, 9.17) is 4.74 Å². The van der Waals surface area contributed by atoms with Crippen molar-refractivity contribution in [1.29, 1.82) is 0 Å². The quantitative estimate of drug-likeness (QED) is 0.409. The Hall–Kier alpha value is 1.39. The summed E-state index contributed by atoms with van der Waals surface area (Å²) in [5.41, 5.74) is 0. The van der Waals surface area contributed by atoms with E-state index in [2.05, 4.69) is 6.66 Å². The van der Waals surface area contributed by atoms with Crippen molar-refractivity contribution in [3.8, 4) is 0 Å². The van der Waals surface area contributed by atoms with Gasteiger partial charge in [0.2, 0.25) is 0 Å². The third kappa shape index (κ3) is 3.95. The number of hydrogen-bond acceptors (Lipinski definition) is 1. The van der Waals surface area contributed by atoms with E-state index < -0.39 is 0 Å². The molecule has 0 saturated carbocycles. The van der Waals surface area contributed by atoms with Crippen molar-refractivity contribution in [2.45, 2.75) is 25.1 Å². The van der Waals surface area contributed by atoms with E-state index in [1.165, 1.54) is 19.3 Å². The molecule has 1 rings (SSSR count). The van der Waals surface area contributed by atoms with Crippen molar-refractivity contribution in [2.24, 2.45) is 0 Å². The van der Waals surface area contributed by atoms with Crippen LogP contribution in [-0.2, 0) is 4.74 Å². The Kier molecular flexibility index (Phi) is 7.07. The summed E-state index contributed by atoms with van der Waals surface area (Å²) in [6.07, 6.45) is 3.96. The normalized spacial score (nSPS) is 28.3. The van der Waals surface area contributed by atoms with E-state index >= 15 is 0 Å². The van der Waals surface area contributed by atoms with Gasteiger partial charge in [0, 0.05) is 6.61 Å². The average molecular weight is 156 g/mol. The molecular formula is C6H14NaOP. The van der Waals surface area contributed by atoms with Gasteiger partial charge < -0.3 is 4.74 Å². The molecule has 0 bridgehead atoms. The summed E-state index contributed by atoms with van der Waals surface area (Å²) >= 11 is 0. The minimum absolute atomic E-state index is 0. The summed E-state index contributed by atoms with van der Waals surface area (Å²) in [5.74, 6) is 0.615. The molecule has 0 aromatic heterocycles. The summed E-state index contributed by atoms with van der Waals surface area (Å²) < 4.78 is 5.44. The van der Waals surface area contributed by atoms with Gasteiger partial charge in [0.15, 0.2) is 0 Å². The molecule has 0 aromatic rings. The summed E-state index contributed by atoms with van der Waals surface area (Å²) in [6, 6.07) is 0. The molecule has 1 nitrogen and oxygen atoms in total. The van der Waals surface area contributed by atoms with Crippen LogP contribution in [0, 0.1) is 0 Å². The maximum absolute atomic E-state index is 5.44. The third-order valence-electron chi connectivity index (χ3n) is 1.50. The van der Waals surface area contributed by atoms with Crippen molar-refractivity contribution in [1.82, 2.24) is 0 Å². The Labute approximate surface area is 81.0 Å². The zero-order valence-electron chi connectivity index (χ0n) is 5.31. The molecule has 0 aromatic carbocycles. The van der Waals surface area contributed by atoms with E-state index in [0.717, 1.165) is 15.2 Å². The zero-order chi connectivity index (χ0) is 5.82. The molecule has 1 aliphatic rings. The molecule has 0 spiro atoms. The third-order valence-corrected chi connectivity index (χ3v) is 2.60. The molecule has 1 saturated heterocycles. The number of hydrogen-bond donors (Lipinski definition) is 0. The molecule has 1 fully saturated rings. The molecule has 9 heavy (non-hydrogen) atoms. The number of ether oxygens (including phenoxy) is 1. The van der Waals surface area contributed by atoms with E-state index in [1.807, 2.05) is 0 Å². The first kappa shape index (κ1) is 10.4. The Morgan fingerprint density at radius 1 is 1.44 bits per heavy atom. The van der Waals surface area contributed by atoms with Gasteiger partial charge in [-0.3, -0.25) is 0 Å². The van der Waals surface area contributed by atoms with E-state index in [0.29, 0.717) is 5.85 Å². The van der Waals surface area contributed by atoms with Gasteiger partial charge in [-0.25, -0.2) is 0 Å². The molecule has 3 heteroatoms. The second kappa shape index (κ2) is 6.12. The van der Waals surface area contributed by atoms with Crippen LogP contribution in [0.2, 0.25) is 0 Å².